The maximum Gasteiger partial charge on any atom is 0.226 e. The average molecular weight is 273 g/mol. The Hall–Kier alpha value is -1.32. The second-order valence-electron chi connectivity index (χ2n) is 7.26. The standard InChI is InChI=1S/C16H23N3O/c1-19(9-12-7-17-18-8-12)16(20)15-13-3-10-2-11(5-13)6-14(15)4-10/h7-8,10-11,13-15H,2-6,9H2,1H3,(H,17,18). The summed E-state index contributed by atoms with van der Waals surface area (Å²) in [5, 5.41) is 6.77. The van der Waals surface area contributed by atoms with Crippen molar-refractivity contribution in [1.29, 1.82) is 0 Å². The molecule has 1 aromatic rings. The van der Waals surface area contributed by atoms with Gasteiger partial charge in [0.1, 0.15) is 0 Å². The van der Waals surface area contributed by atoms with Gasteiger partial charge in [0.05, 0.1) is 6.20 Å². The smallest absolute Gasteiger partial charge is 0.226 e. The quantitative estimate of drug-likeness (QED) is 0.919. The molecule has 4 fully saturated rings. The summed E-state index contributed by atoms with van der Waals surface area (Å²) >= 11 is 0. The van der Waals surface area contributed by atoms with E-state index in [9.17, 15) is 4.79 Å². The van der Waals surface area contributed by atoms with Crippen molar-refractivity contribution in [3.8, 4) is 0 Å². The molecule has 4 bridgehead atoms. The Morgan fingerprint density at radius 3 is 2.45 bits per heavy atom. The number of hydrogen-bond donors (Lipinski definition) is 1. The zero-order chi connectivity index (χ0) is 13.7. The zero-order valence-corrected chi connectivity index (χ0v) is 12.1. The predicted octanol–water partition coefficient (Wildman–Crippen LogP) is 2.44. The Labute approximate surface area is 119 Å². The van der Waals surface area contributed by atoms with Crippen LogP contribution < -0.4 is 0 Å². The second-order valence-corrected chi connectivity index (χ2v) is 7.26. The molecular weight excluding hydrogens is 250 g/mol. The van der Waals surface area contributed by atoms with E-state index >= 15 is 0 Å². The van der Waals surface area contributed by atoms with E-state index in [1.807, 2.05) is 18.1 Å². The molecule has 0 unspecified atom stereocenters. The van der Waals surface area contributed by atoms with Crippen molar-refractivity contribution >= 4 is 5.91 Å². The summed E-state index contributed by atoms with van der Waals surface area (Å²) in [5.74, 6) is 3.89. The van der Waals surface area contributed by atoms with Crippen molar-refractivity contribution in [3.63, 3.8) is 0 Å². The lowest BCUT2D eigenvalue weighted by molar-refractivity contribution is -0.148. The average Bonchev–Trinajstić information content (AvgIpc) is 2.90. The monoisotopic (exact) mass is 273 g/mol. The second kappa shape index (κ2) is 4.61. The molecule has 108 valence electrons. The first-order valence-electron chi connectivity index (χ1n) is 7.93. The van der Waals surface area contributed by atoms with Gasteiger partial charge in [-0.2, -0.15) is 5.10 Å². The predicted molar refractivity (Wildman–Crippen MR) is 75.6 cm³/mol. The van der Waals surface area contributed by atoms with E-state index in [1.165, 1.54) is 32.1 Å². The third-order valence-corrected chi connectivity index (χ3v) is 5.86. The lowest BCUT2D eigenvalue weighted by Gasteiger charge is -2.54. The van der Waals surface area contributed by atoms with E-state index in [0.717, 1.165) is 17.4 Å². The molecule has 0 spiro atoms. The van der Waals surface area contributed by atoms with E-state index < -0.39 is 0 Å². The molecule has 4 aliphatic rings. The number of carbonyl (C=O) groups excluding carboxylic acids is 1. The third kappa shape index (κ3) is 1.97. The highest BCUT2D eigenvalue weighted by Crippen LogP contribution is 2.56. The fraction of sp³-hybridized carbons (Fsp3) is 0.750. The number of H-pyrrole nitrogens is 1. The molecule has 5 rings (SSSR count). The van der Waals surface area contributed by atoms with Crippen molar-refractivity contribution in [3.05, 3.63) is 18.0 Å². The van der Waals surface area contributed by atoms with Crippen molar-refractivity contribution in [2.75, 3.05) is 7.05 Å². The molecule has 0 aliphatic heterocycles. The van der Waals surface area contributed by atoms with Gasteiger partial charge in [-0.25, -0.2) is 0 Å². The number of nitrogens with one attached hydrogen (secondary N) is 1. The molecule has 4 saturated carbocycles. The third-order valence-electron chi connectivity index (χ3n) is 5.86. The van der Waals surface area contributed by atoms with E-state index in [4.69, 9.17) is 0 Å². The molecular formula is C16H23N3O. The SMILES string of the molecule is CN(Cc1cn[nH]c1)C(=O)C1C2CC3CC(C2)CC1C3. The van der Waals surface area contributed by atoms with Gasteiger partial charge in [-0.05, 0) is 55.8 Å². The summed E-state index contributed by atoms with van der Waals surface area (Å²) in [7, 11) is 1.94. The van der Waals surface area contributed by atoms with Gasteiger partial charge in [-0.15, -0.1) is 0 Å². The van der Waals surface area contributed by atoms with Crippen LogP contribution in [-0.4, -0.2) is 28.1 Å². The largest absolute Gasteiger partial charge is 0.341 e. The van der Waals surface area contributed by atoms with Crippen LogP contribution in [0, 0.1) is 29.6 Å². The molecule has 4 nitrogen and oxygen atoms in total. The number of aromatic amines is 1. The van der Waals surface area contributed by atoms with Gasteiger partial charge in [0, 0.05) is 31.3 Å². The normalized spacial score (nSPS) is 38.1. The maximum absolute atomic E-state index is 12.9. The van der Waals surface area contributed by atoms with Crippen LogP contribution in [0.4, 0.5) is 0 Å². The molecule has 4 aliphatic carbocycles. The molecule has 0 radical (unpaired) electrons. The topological polar surface area (TPSA) is 49.0 Å². The van der Waals surface area contributed by atoms with Crippen molar-refractivity contribution in [2.45, 2.75) is 38.6 Å². The first-order valence-corrected chi connectivity index (χ1v) is 7.93. The van der Waals surface area contributed by atoms with Crippen LogP contribution in [-0.2, 0) is 11.3 Å². The van der Waals surface area contributed by atoms with E-state index in [1.54, 1.807) is 6.20 Å². The summed E-state index contributed by atoms with van der Waals surface area (Å²) in [5.41, 5.74) is 1.09. The number of hydrogen-bond acceptors (Lipinski definition) is 2. The number of amides is 1. The number of aromatic nitrogens is 2. The van der Waals surface area contributed by atoms with E-state index in [2.05, 4.69) is 10.2 Å². The van der Waals surface area contributed by atoms with Crippen LogP contribution in [0.1, 0.15) is 37.7 Å². The Bertz CT molecular complexity index is 468. The summed E-state index contributed by atoms with van der Waals surface area (Å²) in [6.07, 6.45) is 10.4. The molecule has 4 heteroatoms. The molecule has 20 heavy (non-hydrogen) atoms. The highest BCUT2D eigenvalue weighted by atomic mass is 16.2. The lowest BCUT2D eigenvalue weighted by atomic mass is 9.51. The minimum absolute atomic E-state index is 0.305. The van der Waals surface area contributed by atoms with Crippen molar-refractivity contribution < 1.29 is 4.79 Å². The Kier molecular flexibility index (Phi) is 2.86. The first-order chi connectivity index (χ1) is 9.70. The first kappa shape index (κ1) is 12.4. The molecule has 1 N–H and O–H groups in total. The van der Waals surface area contributed by atoms with Crippen molar-refractivity contribution in [1.82, 2.24) is 15.1 Å². The zero-order valence-electron chi connectivity index (χ0n) is 12.1. The van der Waals surface area contributed by atoms with Crippen molar-refractivity contribution in [2.24, 2.45) is 29.6 Å². The van der Waals surface area contributed by atoms with Gasteiger partial charge in [0.2, 0.25) is 5.91 Å². The number of rotatable bonds is 3. The van der Waals surface area contributed by atoms with E-state index in [0.29, 0.717) is 30.2 Å². The number of carbonyl (C=O) groups is 1. The maximum atomic E-state index is 12.9. The lowest BCUT2D eigenvalue weighted by Crippen LogP contribution is -2.51. The fourth-order valence-electron chi connectivity index (χ4n) is 5.30. The van der Waals surface area contributed by atoms with Gasteiger partial charge in [-0.1, -0.05) is 0 Å². The Balaban J connectivity index is 1.48. The van der Waals surface area contributed by atoms with Crippen LogP contribution in [0.2, 0.25) is 0 Å². The van der Waals surface area contributed by atoms with Crippen LogP contribution in [0.15, 0.2) is 12.4 Å². The van der Waals surface area contributed by atoms with Gasteiger partial charge in [0.15, 0.2) is 0 Å². The minimum Gasteiger partial charge on any atom is -0.341 e. The molecule has 1 aromatic heterocycles. The van der Waals surface area contributed by atoms with Gasteiger partial charge >= 0.3 is 0 Å². The minimum atomic E-state index is 0.305. The summed E-state index contributed by atoms with van der Waals surface area (Å²) in [6.45, 7) is 0.679. The summed E-state index contributed by atoms with van der Waals surface area (Å²) in [4.78, 5) is 14.8. The summed E-state index contributed by atoms with van der Waals surface area (Å²) < 4.78 is 0. The molecule has 0 saturated heterocycles. The highest BCUT2D eigenvalue weighted by molar-refractivity contribution is 5.79. The Morgan fingerprint density at radius 2 is 1.90 bits per heavy atom. The molecule has 0 aromatic carbocycles. The van der Waals surface area contributed by atoms with Gasteiger partial charge in [-0.3, -0.25) is 9.89 Å². The van der Waals surface area contributed by atoms with Gasteiger partial charge < -0.3 is 4.90 Å². The molecule has 0 atom stereocenters. The van der Waals surface area contributed by atoms with Crippen LogP contribution in [0.25, 0.3) is 0 Å². The Morgan fingerprint density at radius 1 is 1.25 bits per heavy atom. The van der Waals surface area contributed by atoms with Gasteiger partial charge in [0.25, 0.3) is 0 Å². The molecule has 1 heterocycles. The van der Waals surface area contributed by atoms with Crippen LogP contribution in [0.3, 0.4) is 0 Å². The summed E-state index contributed by atoms with van der Waals surface area (Å²) in [6, 6.07) is 0. The number of nitrogens with zero attached hydrogens (tertiary/aromatic N) is 2. The molecule has 1 amide bonds. The van der Waals surface area contributed by atoms with E-state index in [-0.39, 0.29) is 0 Å². The highest BCUT2D eigenvalue weighted by Gasteiger charge is 2.51. The van der Waals surface area contributed by atoms with Crippen LogP contribution >= 0.6 is 0 Å². The fourth-order valence-corrected chi connectivity index (χ4v) is 5.30. The van der Waals surface area contributed by atoms with Crippen LogP contribution in [0.5, 0.6) is 0 Å².